The zero-order chi connectivity index (χ0) is 14.4. The van der Waals surface area contributed by atoms with Crippen molar-refractivity contribution in [2.24, 2.45) is 5.92 Å². The molecule has 0 bridgehead atoms. The van der Waals surface area contributed by atoms with E-state index in [-0.39, 0.29) is 17.5 Å². The Morgan fingerprint density at radius 1 is 1.25 bits per heavy atom. The van der Waals surface area contributed by atoms with E-state index in [1.165, 1.54) is 0 Å². The Balaban J connectivity index is 1.63. The molecule has 0 unspecified atom stereocenters. The highest BCUT2D eigenvalue weighted by Gasteiger charge is 2.28. The minimum Gasteiger partial charge on any atom is -0.479 e. The maximum atomic E-state index is 11.7. The number of rotatable bonds is 7. The normalized spacial score (nSPS) is 16.6. The van der Waals surface area contributed by atoms with Crippen molar-refractivity contribution in [1.82, 2.24) is 5.16 Å². The second-order valence-electron chi connectivity index (χ2n) is 5.27. The van der Waals surface area contributed by atoms with Crippen molar-refractivity contribution in [3.05, 3.63) is 11.8 Å². The first-order valence-corrected chi connectivity index (χ1v) is 7.25. The first-order chi connectivity index (χ1) is 9.70. The molecular formula is C15H21NO4. The zero-order valence-corrected chi connectivity index (χ0v) is 11.9. The Morgan fingerprint density at radius 2 is 2.00 bits per heavy atom. The molecule has 0 aliphatic heterocycles. The predicted octanol–water partition coefficient (Wildman–Crippen LogP) is 2.72. The number of ether oxygens (including phenoxy) is 1. The van der Waals surface area contributed by atoms with Gasteiger partial charge in [0, 0.05) is 25.3 Å². The standard InChI is InChI=1S/C15H21NO4/c1-19-15-10-11(20-16-15)6-3-2-4-7-12-13(17)8-5-9-14(12)18/h10,12H,2-9H2,1H3. The van der Waals surface area contributed by atoms with Gasteiger partial charge in [0.15, 0.2) is 0 Å². The van der Waals surface area contributed by atoms with Gasteiger partial charge in [-0.25, -0.2) is 0 Å². The summed E-state index contributed by atoms with van der Waals surface area (Å²) in [6, 6.07) is 1.79. The fourth-order valence-electron chi connectivity index (χ4n) is 2.62. The monoisotopic (exact) mass is 279 g/mol. The number of aryl methyl sites for hydroxylation is 1. The number of methoxy groups -OCH3 is 1. The van der Waals surface area contributed by atoms with Crippen LogP contribution in [0.4, 0.5) is 0 Å². The van der Waals surface area contributed by atoms with Gasteiger partial charge in [-0.2, -0.15) is 0 Å². The van der Waals surface area contributed by atoms with Gasteiger partial charge in [0.2, 0.25) is 0 Å². The molecule has 0 aromatic carbocycles. The van der Waals surface area contributed by atoms with E-state index in [2.05, 4.69) is 5.16 Å². The van der Waals surface area contributed by atoms with Crippen LogP contribution in [0.5, 0.6) is 5.88 Å². The van der Waals surface area contributed by atoms with Crippen molar-refractivity contribution in [3.8, 4) is 5.88 Å². The lowest BCUT2D eigenvalue weighted by atomic mass is 9.83. The summed E-state index contributed by atoms with van der Waals surface area (Å²) in [5.74, 6) is 1.27. The summed E-state index contributed by atoms with van der Waals surface area (Å²) in [4.78, 5) is 23.3. The van der Waals surface area contributed by atoms with Gasteiger partial charge in [-0.15, -0.1) is 0 Å². The lowest BCUT2D eigenvalue weighted by molar-refractivity contribution is -0.135. The topological polar surface area (TPSA) is 69.4 Å². The van der Waals surface area contributed by atoms with Crippen LogP contribution >= 0.6 is 0 Å². The van der Waals surface area contributed by atoms with E-state index in [0.717, 1.165) is 37.9 Å². The van der Waals surface area contributed by atoms with Crippen LogP contribution in [0.2, 0.25) is 0 Å². The number of Topliss-reactive ketones (excluding diaryl/α,β-unsaturated/α-hetero) is 2. The molecule has 5 nitrogen and oxygen atoms in total. The van der Waals surface area contributed by atoms with Crippen molar-refractivity contribution in [2.45, 2.75) is 51.4 Å². The number of nitrogens with zero attached hydrogens (tertiary/aromatic N) is 1. The number of carbonyl (C=O) groups excluding carboxylic acids is 2. The second kappa shape index (κ2) is 7.22. The van der Waals surface area contributed by atoms with Crippen molar-refractivity contribution in [2.75, 3.05) is 7.11 Å². The fraction of sp³-hybridized carbons (Fsp3) is 0.667. The van der Waals surface area contributed by atoms with E-state index in [1.54, 1.807) is 13.2 Å². The molecule has 20 heavy (non-hydrogen) atoms. The number of hydrogen-bond donors (Lipinski definition) is 0. The van der Waals surface area contributed by atoms with E-state index in [0.29, 0.717) is 25.1 Å². The Morgan fingerprint density at radius 3 is 2.65 bits per heavy atom. The number of aromatic nitrogens is 1. The first-order valence-electron chi connectivity index (χ1n) is 7.25. The molecular weight excluding hydrogens is 258 g/mol. The predicted molar refractivity (Wildman–Crippen MR) is 72.6 cm³/mol. The lowest BCUT2D eigenvalue weighted by Crippen LogP contribution is -2.28. The second-order valence-corrected chi connectivity index (χ2v) is 5.27. The Labute approximate surface area is 118 Å². The fourth-order valence-corrected chi connectivity index (χ4v) is 2.62. The summed E-state index contributed by atoms with van der Waals surface area (Å²) in [7, 11) is 1.56. The number of unbranched alkanes of at least 4 members (excludes halogenated alkanes) is 2. The third-order valence-corrected chi connectivity index (χ3v) is 3.79. The minimum absolute atomic E-state index is 0.140. The molecule has 0 N–H and O–H groups in total. The van der Waals surface area contributed by atoms with Crippen molar-refractivity contribution >= 4 is 11.6 Å². The van der Waals surface area contributed by atoms with Gasteiger partial charge in [-0.3, -0.25) is 9.59 Å². The molecule has 1 aromatic rings. The van der Waals surface area contributed by atoms with E-state index < -0.39 is 0 Å². The molecule has 0 spiro atoms. The van der Waals surface area contributed by atoms with Gasteiger partial charge in [0.1, 0.15) is 17.3 Å². The smallest absolute Gasteiger partial charge is 0.254 e. The maximum absolute atomic E-state index is 11.7. The largest absolute Gasteiger partial charge is 0.479 e. The van der Waals surface area contributed by atoms with Crippen LogP contribution in [-0.4, -0.2) is 23.8 Å². The molecule has 1 fully saturated rings. The number of ketones is 2. The summed E-state index contributed by atoms with van der Waals surface area (Å²) in [6.45, 7) is 0. The van der Waals surface area contributed by atoms with Gasteiger partial charge in [-0.1, -0.05) is 12.8 Å². The third kappa shape index (κ3) is 3.92. The molecule has 1 aliphatic rings. The highest BCUT2D eigenvalue weighted by atomic mass is 16.5. The molecule has 0 amide bonds. The molecule has 0 radical (unpaired) electrons. The minimum atomic E-state index is -0.325. The first kappa shape index (κ1) is 14.8. The van der Waals surface area contributed by atoms with Crippen LogP contribution in [0.15, 0.2) is 10.6 Å². The van der Waals surface area contributed by atoms with Crippen LogP contribution in [0, 0.1) is 5.92 Å². The highest BCUT2D eigenvalue weighted by Crippen LogP contribution is 2.23. The maximum Gasteiger partial charge on any atom is 0.254 e. The molecule has 1 saturated carbocycles. The van der Waals surface area contributed by atoms with Crippen LogP contribution in [0.1, 0.15) is 50.7 Å². The van der Waals surface area contributed by atoms with Gasteiger partial charge < -0.3 is 9.26 Å². The molecule has 110 valence electrons. The highest BCUT2D eigenvalue weighted by molar-refractivity contribution is 6.04. The molecule has 0 atom stereocenters. The van der Waals surface area contributed by atoms with E-state index in [1.807, 2.05) is 0 Å². The van der Waals surface area contributed by atoms with E-state index >= 15 is 0 Å². The number of carbonyl (C=O) groups is 2. The summed E-state index contributed by atoms with van der Waals surface area (Å²) < 4.78 is 10.0. The summed E-state index contributed by atoms with van der Waals surface area (Å²) >= 11 is 0. The van der Waals surface area contributed by atoms with Gasteiger partial charge in [0.05, 0.1) is 13.0 Å². The average Bonchev–Trinajstić information content (AvgIpc) is 2.89. The molecule has 1 aromatic heterocycles. The average molecular weight is 279 g/mol. The van der Waals surface area contributed by atoms with E-state index in [9.17, 15) is 9.59 Å². The Bertz CT molecular complexity index is 450. The van der Waals surface area contributed by atoms with Crippen LogP contribution in [0.3, 0.4) is 0 Å². The molecule has 5 heteroatoms. The lowest BCUT2D eigenvalue weighted by Gasteiger charge is -2.18. The summed E-state index contributed by atoms with van der Waals surface area (Å²) in [5, 5.41) is 3.74. The molecule has 0 saturated heterocycles. The Kier molecular flexibility index (Phi) is 5.32. The van der Waals surface area contributed by atoms with Gasteiger partial charge in [0.25, 0.3) is 5.88 Å². The SMILES string of the molecule is COc1cc(CCCCCC2C(=O)CCCC2=O)on1. The van der Waals surface area contributed by atoms with E-state index in [4.69, 9.17) is 9.26 Å². The Hall–Kier alpha value is -1.65. The summed E-state index contributed by atoms with van der Waals surface area (Å²) in [5.41, 5.74) is 0. The van der Waals surface area contributed by atoms with Crippen molar-refractivity contribution in [1.29, 1.82) is 0 Å². The van der Waals surface area contributed by atoms with Gasteiger partial charge >= 0.3 is 0 Å². The van der Waals surface area contributed by atoms with Crippen molar-refractivity contribution in [3.63, 3.8) is 0 Å². The zero-order valence-electron chi connectivity index (χ0n) is 11.9. The molecule has 1 heterocycles. The van der Waals surface area contributed by atoms with Crippen molar-refractivity contribution < 1.29 is 18.8 Å². The molecule has 1 aliphatic carbocycles. The summed E-state index contributed by atoms with van der Waals surface area (Å²) in [6.07, 6.45) is 6.27. The molecule has 2 rings (SSSR count). The third-order valence-electron chi connectivity index (χ3n) is 3.79. The number of hydrogen-bond acceptors (Lipinski definition) is 5. The van der Waals surface area contributed by atoms with Crippen LogP contribution < -0.4 is 4.74 Å². The quantitative estimate of drug-likeness (QED) is 0.567. The van der Waals surface area contributed by atoms with Gasteiger partial charge in [-0.05, 0) is 24.4 Å². The van der Waals surface area contributed by atoms with Crippen LogP contribution in [0.25, 0.3) is 0 Å². The van der Waals surface area contributed by atoms with Crippen LogP contribution in [-0.2, 0) is 16.0 Å².